The molecule has 0 aliphatic carbocycles. The van der Waals surface area contributed by atoms with Crippen molar-refractivity contribution in [2.75, 3.05) is 27.7 Å². The highest BCUT2D eigenvalue weighted by atomic mass is 28.4. The first-order chi connectivity index (χ1) is 9.06. The highest BCUT2D eigenvalue weighted by Crippen LogP contribution is 2.36. The van der Waals surface area contributed by atoms with Gasteiger partial charge in [0, 0.05) is 6.61 Å². The molecular weight excluding hydrogens is 262 g/mol. The lowest BCUT2D eigenvalue weighted by atomic mass is 10.2. The molecule has 0 aromatic heterocycles. The molecule has 0 aliphatic heterocycles. The van der Waals surface area contributed by atoms with Gasteiger partial charge in [-0.25, -0.2) is 0 Å². The number of benzene rings is 1. The number of hydrogen-bond donors (Lipinski definition) is 0. The summed E-state index contributed by atoms with van der Waals surface area (Å²) in [4.78, 5) is 2.00. The van der Waals surface area contributed by atoms with Crippen LogP contribution in [0.15, 0.2) is 30.3 Å². The second-order valence-electron chi connectivity index (χ2n) is 7.19. The van der Waals surface area contributed by atoms with Gasteiger partial charge in [0.1, 0.15) is 0 Å². The minimum Gasteiger partial charge on any atom is -0.416 e. The summed E-state index contributed by atoms with van der Waals surface area (Å²) in [7, 11) is 4.44. The molecular formula is C17H33NOSi. The minimum absolute atomic E-state index is 0.309. The van der Waals surface area contributed by atoms with Crippen LogP contribution in [-0.4, -0.2) is 41.0 Å². The number of hydrogen-bond acceptors (Lipinski definition) is 2. The molecule has 0 saturated heterocycles. The Kier molecular flexibility index (Phi) is 8.32. The fraction of sp³-hybridized carbons (Fsp3) is 0.647. The standard InChI is InChI=1S/C14H24OSi.C3H9N/c1-14(2,3)16(4,5)15-12-11-13-9-7-6-8-10-13;1-4(2)3/h6-10H,11-12H2,1-5H3;1-3H3. The first-order valence-electron chi connectivity index (χ1n) is 7.35. The molecule has 0 unspecified atom stereocenters. The Morgan fingerprint density at radius 1 is 1.00 bits per heavy atom. The van der Waals surface area contributed by atoms with Crippen molar-refractivity contribution in [2.45, 2.75) is 45.3 Å². The van der Waals surface area contributed by atoms with E-state index in [0.29, 0.717) is 5.04 Å². The summed E-state index contributed by atoms with van der Waals surface area (Å²) in [5.74, 6) is 0. The van der Waals surface area contributed by atoms with Gasteiger partial charge in [-0.2, -0.15) is 0 Å². The first kappa shape index (κ1) is 19.4. The lowest BCUT2D eigenvalue weighted by Crippen LogP contribution is -2.41. The molecule has 1 aromatic carbocycles. The molecule has 0 fully saturated rings. The Morgan fingerprint density at radius 2 is 1.45 bits per heavy atom. The highest BCUT2D eigenvalue weighted by Gasteiger charge is 2.36. The Bertz CT molecular complexity index is 352. The maximum absolute atomic E-state index is 6.14. The van der Waals surface area contributed by atoms with Crippen LogP contribution in [0.25, 0.3) is 0 Å². The van der Waals surface area contributed by atoms with Crippen LogP contribution in [0.1, 0.15) is 26.3 Å². The van der Waals surface area contributed by atoms with E-state index in [4.69, 9.17) is 4.43 Å². The third kappa shape index (κ3) is 8.51. The third-order valence-corrected chi connectivity index (χ3v) is 8.04. The van der Waals surface area contributed by atoms with E-state index in [1.165, 1.54) is 5.56 Å². The quantitative estimate of drug-likeness (QED) is 0.762. The van der Waals surface area contributed by atoms with Crippen LogP contribution in [0.5, 0.6) is 0 Å². The molecule has 0 saturated carbocycles. The van der Waals surface area contributed by atoms with Crippen molar-refractivity contribution in [1.82, 2.24) is 4.90 Å². The van der Waals surface area contributed by atoms with Crippen molar-refractivity contribution < 1.29 is 4.43 Å². The molecule has 0 amide bonds. The van der Waals surface area contributed by atoms with E-state index in [-0.39, 0.29) is 0 Å². The van der Waals surface area contributed by atoms with Crippen LogP contribution in [0.4, 0.5) is 0 Å². The van der Waals surface area contributed by atoms with E-state index >= 15 is 0 Å². The van der Waals surface area contributed by atoms with Crippen LogP contribution < -0.4 is 0 Å². The zero-order chi connectivity index (χ0) is 15.8. The lowest BCUT2D eigenvalue weighted by Gasteiger charge is -2.36. The number of nitrogens with zero attached hydrogens (tertiary/aromatic N) is 1. The van der Waals surface area contributed by atoms with Gasteiger partial charge in [-0.15, -0.1) is 0 Å². The summed E-state index contributed by atoms with van der Waals surface area (Å²) < 4.78 is 6.14. The summed E-state index contributed by atoms with van der Waals surface area (Å²) >= 11 is 0. The fourth-order valence-electron chi connectivity index (χ4n) is 1.29. The molecule has 1 rings (SSSR count). The summed E-state index contributed by atoms with van der Waals surface area (Å²) in [6, 6.07) is 10.5. The van der Waals surface area contributed by atoms with Gasteiger partial charge in [0.2, 0.25) is 0 Å². The summed E-state index contributed by atoms with van der Waals surface area (Å²) in [5.41, 5.74) is 1.36. The van der Waals surface area contributed by atoms with E-state index in [2.05, 4.69) is 64.2 Å². The average Bonchev–Trinajstić information content (AvgIpc) is 2.28. The van der Waals surface area contributed by atoms with E-state index in [1.807, 2.05) is 26.0 Å². The number of rotatable bonds is 4. The van der Waals surface area contributed by atoms with Gasteiger partial charge < -0.3 is 9.33 Å². The topological polar surface area (TPSA) is 12.5 Å². The average molecular weight is 296 g/mol. The molecule has 0 atom stereocenters. The van der Waals surface area contributed by atoms with Gasteiger partial charge in [-0.1, -0.05) is 51.1 Å². The highest BCUT2D eigenvalue weighted by molar-refractivity contribution is 6.74. The zero-order valence-electron chi connectivity index (χ0n) is 14.7. The summed E-state index contributed by atoms with van der Waals surface area (Å²) in [5, 5.41) is 0.309. The second-order valence-corrected chi connectivity index (χ2v) is 12.0. The predicted molar refractivity (Wildman–Crippen MR) is 92.9 cm³/mol. The molecule has 1 aromatic rings. The van der Waals surface area contributed by atoms with Crippen molar-refractivity contribution in [3.05, 3.63) is 35.9 Å². The van der Waals surface area contributed by atoms with Crippen molar-refractivity contribution in [3.63, 3.8) is 0 Å². The van der Waals surface area contributed by atoms with Crippen LogP contribution >= 0.6 is 0 Å². The molecule has 0 spiro atoms. The third-order valence-electron chi connectivity index (χ3n) is 3.50. The van der Waals surface area contributed by atoms with E-state index in [1.54, 1.807) is 0 Å². The lowest BCUT2D eigenvalue weighted by molar-refractivity contribution is 0.292. The Labute approximate surface area is 127 Å². The predicted octanol–water partition coefficient (Wildman–Crippen LogP) is 4.43. The van der Waals surface area contributed by atoms with Gasteiger partial charge >= 0.3 is 0 Å². The van der Waals surface area contributed by atoms with Crippen LogP contribution in [0.3, 0.4) is 0 Å². The molecule has 20 heavy (non-hydrogen) atoms. The van der Waals surface area contributed by atoms with E-state index in [0.717, 1.165) is 13.0 Å². The maximum Gasteiger partial charge on any atom is 0.191 e. The maximum atomic E-state index is 6.14. The molecule has 0 N–H and O–H groups in total. The summed E-state index contributed by atoms with van der Waals surface area (Å²) in [6.45, 7) is 12.3. The van der Waals surface area contributed by atoms with Gasteiger partial charge in [0.15, 0.2) is 8.32 Å². The Balaban J connectivity index is 0.000000796. The van der Waals surface area contributed by atoms with E-state index in [9.17, 15) is 0 Å². The Morgan fingerprint density at radius 3 is 1.85 bits per heavy atom. The molecule has 0 radical (unpaired) electrons. The molecule has 3 heteroatoms. The second kappa shape index (κ2) is 8.60. The van der Waals surface area contributed by atoms with Crippen LogP contribution in [-0.2, 0) is 10.8 Å². The SMILES string of the molecule is CC(C)(C)[Si](C)(C)OCCc1ccccc1.CN(C)C. The molecule has 0 bridgehead atoms. The molecule has 116 valence electrons. The molecule has 0 aliphatic rings. The first-order valence-corrected chi connectivity index (χ1v) is 10.3. The largest absolute Gasteiger partial charge is 0.416 e. The molecule has 2 nitrogen and oxygen atoms in total. The van der Waals surface area contributed by atoms with Crippen molar-refractivity contribution in [3.8, 4) is 0 Å². The Hall–Kier alpha value is -0.643. The van der Waals surface area contributed by atoms with Crippen molar-refractivity contribution >= 4 is 8.32 Å². The minimum atomic E-state index is -1.56. The fourth-order valence-corrected chi connectivity index (χ4v) is 2.33. The zero-order valence-corrected chi connectivity index (χ0v) is 15.7. The smallest absolute Gasteiger partial charge is 0.191 e. The van der Waals surface area contributed by atoms with Crippen molar-refractivity contribution in [2.24, 2.45) is 0 Å². The summed E-state index contributed by atoms with van der Waals surface area (Å²) in [6.07, 6.45) is 1.02. The van der Waals surface area contributed by atoms with Gasteiger partial charge in [0.05, 0.1) is 0 Å². The normalized spacial score (nSPS) is 12.1. The van der Waals surface area contributed by atoms with Gasteiger partial charge in [-0.3, -0.25) is 0 Å². The van der Waals surface area contributed by atoms with Gasteiger partial charge in [0.25, 0.3) is 0 Å². The van der Waals surface area contributed by atoms with Crippen molar-refractivity contribution in [1.29, 1.82) is 0 Å². The monoisotopic (exact) mass is 295 g/mol. The van der Waals surface area contributed by atoms with E-state index < -0.39 is 8.32 Å². The van der Waals surface area contributed by atoms with Gasteiger partial charge in [-0.05, 0) is 51.3 Å². The van der Waals surface area contributed by atoms with Crippen LogP contribution in [0.2, 0.25) is 18.1 Å². The molecule has 0 heterocycles. The van der Waals surface area contributed by atoms with Crippen LogP contribution in [0, 0.1) is 0 Å².